The minimum Gasteiger partial charge on any atom is -0.493 e. The predicted molar refractivity (Wildman–Crippen MR) is 152 cm³/mol. The summed E-state index contributed by atoms with van der Waals surface area (Å²) in [4.78, 5) is 39.3. The Morgan fingerprint density at radius 3 is 2.29 bits per heavy atom. The fourth-order valence-corrected chi connectivity index (χ4v) is 4.20. The molecule has 0 saturated heterocycles. The standard InChI is InChI=1S/C31H26N2O4S/c1-2-37-29-13-7-6-9-23(29)16-19-28(34)22-14-17-25(18-15-22)32-31(36)27(21-26-12-8-20-38-26)33-30(35)24-10-4-3-5-11-24/h3-21H,2H2,1H3,(H,32,36)(H,33,35)/b19-16+,27-21-. The van der Waals surface area contributed by atoms with Crippen LogP contribution in [0.25, 0.3) is 12.2 Å². The van der Waals surface area contributed by atoms with Crippen LogP contribution >= 0.6 is 11.3 Å². The number of ketones is 1. The van der Waals surface area contributed by atoms with Crippen molar-refractivity contribution in [2.75, 3.05) is 11.9 Å². The zero-order chi connectivity index (χ0) is 26.7. The van der Waals surface area contributed by atoms with Crippen molar-refractivity contribution in [3.63, 3.8) is 0 Å². The molecular weight excluding hydrogens is 496 g/mol. The molecule has 38 heavy (non-hydrogen) atoms. The highest BCUT2D eigenvalue weighted by Gasteiger charge is 2.15. The van der Waals surface area contributed by atoms with Crippen LogP contribution in [0.4, 0.5) is 5.69 Å². The van der Waals surface area contributed by atoms with Crippen LogP contribution < -0.4 is 15.4 Å². The van der Waals surface area contributed by atoms with Crippen LogP contribution in [0.15, 0.2) is 108 Å². The number of benzene rings is 3. The van der Waals surface area contributed by atoms with Crippen LogP contribution in [0.2, 0.25) is 0 Å². The highest BCUT2D eigenvalue weighted by atomic mass is 32.1. The first-order valence-corrected chi connectivity index (χ1v) is 12.9. The second-order valence-electron chi connectivity index (χ2n) is 8.09. The first-order chi connectivity index (χ1) is 18.5. The van der Waals surface area contributed by atoms with Gasteiger partial charge in [-0.25, -0.2) is 0 Å². The van der Waals surface area contributed by atoms with Crippen molar-refractivity contribution in [3.05, 3.63) is 130 Å². The van der Waals surface area contributed by atoms with Gasteiger partial charge in [0.25, 0.3) is 11.8 Å². The molecule has 0 unspecified atom stereocenters. The van der Waals surface area contributed by atoms with E-state index >= 15 is 0 Å². The number of nitrogens with one attached hydrogen (secondary N) is 2. The number of ether oxygens (including phenoxy) is 1. The molecule has 0 aliphatic carbocycles. The van der Waals surface area contributed by atoms with Gasteiger partial charge in [-0.3, -0.25) is 14.4 Å². The summed E-state index contributed by atoms with van der Waals surface area (Å²) in [5.74, 6) is -0.332. The Bertz CT molecular complexity index is 1460. The summed E-state index contributed by atoms with van der Waals surface area (Å²) in [6.07, 6.45) is 4.84. The zero-order valence-corrected chi connectivity index (χ0v) is 21.5. The molecule has 4 rings (SSSR count). The van der Waals surface area contributed by atoms with E-state index in [0.29, 0.717) is 29.2 Å². The van der Waals surface area contributed by atoms with Crippen LogP contribution in [0, 0.1) is 0 Å². The molecule has 6 nitrogen and oxygen atoms in total. The quantitative estimate of drug-likeness (QED) is 0.185. The van der Waals surface area contributed by atoms with E-state index in [2.05, 4.69) is 10.6 Å². The third-order valence-electron chi connectivity index (χ3n) is 5.42. The van der Waals surface area contributed by atoms with E-state index in [4.69, 9.17) is 4.74 Å². The largest absolute Gasteiger partial charge is 0.493 e. The van der Waals surface area contributed by atoms with Gasteiger partial charge in [-0.15, -0.1) is 11.3 Å². The van der Waals surface area contributed by atoms with Crippen molar-refractivity contribution < 1.29 is 19.1 Å². The molecule has 2 amide bonds. The molecule has 1 aromatic heterocycles. The molecule has 0 bridgehead atoms. The van der Waals surface area contributed by atoms with E-state index in [9.17, 15) is 14.4 Å². The van der Waals surface area contributed by atoms with Crippen molar-refractivity contribution >= 4 is 46.8 Å². The second-order valence-corrected chi connectivity index (χ2v) is 9.07. The number of anilines is 1. The molecule has 0 saturated carbocycles. The van der Waals surface area contributed by atoms with Crippen molar-refractivity contribution in [2.45, 2.75) is 6.92 Å². The molecule has 0 aliphatic heterocycles. The maximum Gasteiger partial charge on any atom is 0.272 e. The van der Waals surface area contributed by atoms with Crippen LogP contribution in [0.3, 0.4) is 0 Å². The number of hydrogen-bond donors (Lipinski definition) is 2. The lowest BCUT2D eigenvalue weighted by atomic mass is 10.1. The van der Waals surface area contributed by atoms with Gasteiger partial charge < -0.3 is 15.4 Å². The van der Waals surface area contributed by atoms with Gasteiger partial charge in [0.15, 0.2) is 5.78 Å². The van der Waals surface area contributed by atoms with Gasteiger partial charge >= 0.3 is 0 Å². The molecular formula is C31H26N2O4S. The summed E-state index contributed by atoms with van der Waals surface area (Å²) in [5.41, 5.74) is 2.33. The zero-order valence-electron chi connectivity index (χ0n) is 20.7. The predicted octanol–water partition coefficient (Wildman–Crippen LogP) is 6.45. The van der Waals surface area contributed by atoms with Gasteiger partial charge in [0.2, 0.25) is 0 Å². The number of rotatable bonds is 10. The van der Waals surface area contributed by atoms with Crippen molar-refractivity contribution in [2.24, 2.45) is 0 Å². The summed E-state index contributed by atoms with van der Waals surface area (Å²) < 4.78 is 5.60. The number of carbonyl (C=O) groups excluding carboxylic acids is 3. The van der Waals surface area contributed by atoms with Gasteiger partial charge in [-0.05, 0) is 79.1 Å². The smallest absolute Gasteiger partial charge is 0.272 e. The average Bonchev–Trinajstić information content (AvgIpc) is 3.46. The Labute approximate surface area is 225 Å². The number of hydrogen-bond acceptors (Lipinski definition) is 5. The van der Waals surface area contributed by atoms with Crippen molar-refractivity contribution in [3.8, 4) is 5.75 Å². The van der Waals surface area contributed by atoms with E-state index in [1.165, 1.54) is 17.4 Å². The average molecular weight is 523 g/mol. The SMILES string of the molecule is CCOc1ccccc1/C=C/C(=O)c1ccc(NC(=O)/C(=C/c2cccs2)NC(=O)c2ccccc2)cc1. The molecule has 2 N–H and O–H groups in total. The summed E-state index contributed by atoms with van der Waals surface area (Å²) in [6, 6.07) is 26.5. The molecule has 190 valence electrons. The summed E-state index contributed by atoms with van der Waals surface area (Å²) in [7, 11) is 0. The molecule has 3 aromatic carbocycles. The third-order valence-corrected chi connectivity index (χ3v) is 6.24. The molecule has 1 heterocycles. The Hall–Kier alpha value is -4.75. The summed E-state index contributed by atoms with van der Waals surface area (Å²) in [6.45, 7) is 2.44. The Morgan fingerprint density at radius 1 is 0.842 bits per heavy atom. The topological polar surface area (TPSA) is 84.5 Å². The fourth-order valence-electron chi connectivity index (χ4n) is 3.54. The number of amides is 2. The number of thiophene rings is 1. The highest BCUT2D eigenvalue weighted by Crippen LogP contribution is 2.20. The molecule has 0 fully saturated rings. The number of para-hydroxylation sites is 1. The lowest BCUT2D eigenvalue weighted by molar-refractivity contribution is -0.113. The van der Waals surface area contributed by atoms with E-state index in [1.54, 1.807) is 60.7 Å². The Balaban J connectivity index is 1.45. The molecule has 0 radical (unpaired) electrons. The van der Waals surface area contributed by atoms with Gasteiger partial charge in [0.05, 0.1) is 6.61 Å². The molecule has 0 atom stereocenters. The first-order valence-electron chi connectivity index (χ1n) is 12.0. The second kappa shape index (κ2) is 13.0. The normalized spacial score (nSPS) is 11.2. The molecule has 0 spiro atoms. The van der Waals surface area contributed by atoms with Crippen LogP contribution in [0.1, 0.15) is 38.1 Å². The van der Waals surface area contributed by atoms with Gasteiger partial charge in [0, 0.05) is 27.3 Å². The van der Waals surface area contributed by atoms with Crippen molar-refractivity contribution in [1.82, 2.24) is 5.32 Å². The fraction of sp³-hybridized carbons (Fsp3) is 0.0645. The van der Waals surface area contributed by atoms with Crippen LogP contribution in [-0.2, 0) is 4.79 Å². The minimum absolute atomic E-state index is 0.109. The van der Waals surface area contributed by atoms with Gasteiger partial charge in [0.1, 0.15) is 11.4 Å². The lowest BCUT2D eigenvalue weighted by Gasteiger charge is -2.11. The maximum absolute atomic E-state index is 13.1. The maximum atomic E-state index is 13.1. The third kappa shape index (κ3) is 7.15. The van der Waals surface area contributed by atoms with E-state index < -0.39 is 5.91 Å². The van der Waals surface area contributed by atoms with Gasteiger partial charge in [-0.1, -0.05) is 42.5 Å². The molecule has 7 heteroatoms. The van der Waals surface area contributed by atoms with Crippen LogP contribution in [0.5, 0.6) is 5.75 Å². The number of carbonyl (C=O) groups is 3. The minimum atomic E-state index is -0.478. The highest BCUT2D eigenvalue weighted by molar-refractivity contribution is 7.10. The van der Waals surface area contributed by atoms with Crippen molar-refractivity contribution in [1.29, 1.82) is 0 Å². The Kier molecular flexibility index (Phi) is 8.99. The van der Waals surface area contributed by atoms with E-state index in [0.717, 1.165) is 10.4 Å². The molecule has 4 aromatic rings. The molecule has 0 aliphatic rings. The lowest BCUT2D eigenvalue weighted by Crippen LogP contribution is -2.30. The Morgan fingerprint density at radius 2 is 1.58 bits per heavy atom. The van der Waals surface area contributed by atoms with E-state index in [1.807, 2.05) is 54.8 Å². The van der Waals surface area contributed by atoms with Crippen LogP contribution in [-0.4, -0.2) is 24.2 Å². The summed E-state index contributed by atoms with van der Waals surface area (Å²) in [5, 5.41) is 7.39. The monoisotopic (exact) mass is 522 g/mol. The van der Waals surface area contributed by atoms with E-state index in [-0.39, 0.29) is 17.4 Å². The first kappa shape index (κ1) is 26.3. The summed E-state index contributed by atoms with van der Waals surface area (Å²) >= 11 is 1.45. The number of allylic oxidation sites excluding steroid dienone is 1. The van der Waals surface area contributed by atoms with Gasteiger partial charge in [-0.2, -0.15) is 0 Å².